The van der Waals surface area contributed by atoms with Crippen molar-refractivity contribution in [2.24, 2.45) is 0 Å². The highest BCUT2D eigenvalue weighted by molar-refractivity contribution is 5.88. The van der Waals surface area contributed by atoms with Gasteiger partial charge in [0.25, 0.3) is 0 Å². The van der Waals surface area contributed by atoms with Gasteiger partial charge in [-0.15, -0.1) is 0 Å². The zero-order valence-electron chi connectivity index (χ0n) is 18.4. The van der Waals surface area contributed by atoms with Gasteiger partial charge < -0.3 is 34.6 Å². The second kappa shape index (κ2) is 12.3. The number of carboxylic acids is 3. The Morgan fingerprint density at radius 3 is 1.44 bits per heavy atom. The third-order valence-corrected chi connectivity index (χ3v) is 4.19. The number of hydrogen-bond acceptors (Lipinski definition) is 8. The maximum Gasteiger partial charge on any atom is 0.335 e. The molecule has 0 aromatic rings. The average molecular weight is 452 g/mol. The number of nitrogens with zero attached hydrogens (tertiary/aromatic N) is 2. The maximum atomic E-state index is 12.1. The first-order chi connectivity index (χ1) is 14.9. The van der Waals surface area contributed by atoms with E-state index in [0.717, 1.165) is 0 Å². The van der Waals surface area contributed by atoms with E-state index in [-0.39, 0.29) is 48.1 Å². The van der Waals surface area contributed by atoms with Crippen LogP contribution >= 0.6 is 0 Å². The number of carbonyl (C=O) groups excluding carboxylic acids is 1. The highest BCUT2D eigenvalue weighted by Gasteiger charge is 2.24. The summed E-state index contributed by atoms with van der Waals surface area (Å²) in [5.41, 5.74) is 0.151. The number of aliphatic carboxylic acids is 3. The van der Waals surface area contributed by atoms with Gasteiger partial charge in [-0.1, -0.05) is 0 Å². The van der Waals surface area contributed by atoms with Gasteiger partial charge in [0.2, 0.25) is 0 Å². The zero-order valence-corrected chi connectivity index (χ0v) is 18.4. The number of epoxide rings is 1. The van der Waals surface area contributed by atoms with Crippen LogP contribution in [0.1, 0.15) is 27.7 Å². The van der Waals surface area contributed by atoms with E-state index in [1.54, 1.807) is 0 Å². The molecule has 11 nitrogen and oxygen atoms in total. The highest BCUT2D eigenvalue weighted by atomic mass is 16.6. The van der Waals surface area contributed by atoms with Gasteiger partial charge >= 0.3 is 23.9 Å². The minimum Gasteiger partial charge on any atom is -0.478 e. The lowest BCUT2D eigenvalue weighted by atomic mass is 10.2. The Balaban J connectivity index is 3.08. The van der Waals surface area contributed by atoms with Crippen LogP contribution in [-0.4, -0.2) is 81.4 Å². The highest BCUT2D eigenvalue weighted by Crippen LogP contribution is 2.11. The van der Waals surface area contributed by atoms with E-state index < -0.39 is 23.9 Å². The van der Waals surface area contributed by atoms with Crippen molar-refractivity contribution < 1.29 is 44.0 Å². The number of carbonyl (C=O) groups is 4. The van der Waals surface area contributed by atoms with Crippen LogP contribution in [-0.2, 0) is 28.7 Å². The molecule has 0 amide bonds. The minimum atomic E-state index is -1.17. The first kappa shape index (κ1) is 26.4. The number of carboxylic acid groups (broad SMARTS) is 3. The Morgan fingerprint density at radius 1 is 0.781 bits per heavy atom. The van der Waals surface area contributed by atoms with Gasteiger partial charge in [-0.2, -0.15) is 0 Å². The van der Waals surface area contributed by atoms with E-state index in [4.69, 9.17) is 19.7 Å². The predicted octanol–water partition coefficient (Wildman–Crippen LogP) is 1.40. The molecule has 0 aliphatic carbocycles. The molecular formula is C21H28N2O9. The normalized spacial score (nSPS) is 16.9. The van der Waals surface area contributed by atoms with Crippen LogP contribution in [0.4, 0.5) is 0 Å². The SMILES string of the molecule is CC(=CN(C=C(C)C(=O)O)CCN(C=C(C)C(=O)O)C=C(C)C(=O)OCC1CO1)C(=O)O. The van der Waals surface area contributed by atoms with Crippen LogP contribution in [0, 0.1) is 0 Å². The summed E-state index contributed by atoms with van der Waals surface area (Å²) in [7, 11) is 0. The van der Waals surface area contributed by atoms with Gasteiger partial charge in [-0.25, -0.2) is 19.2 Å². The van der Waals surface area contributed by atoms with Gasteiger partial charge in [0, 0.05) is 37.9 Å². The van der Waals surface area contributed by atoms with E-state index in [0.29, 0.717) is 6.61 Å². The van der Waals surface area contributed by atoms with Crippen LogP contribution < -0.4 is 0 Å². The second-order valence-electron chi connectivity index (χ2n) is 7.19. The van der Waals surface area contributed by atoms with E-state index in [2.05, 4.69) is 0 Å². The summed E-state index contributed by atoms with van der Waals surface area (Å²) in [5.74, 6) is -4.09. The molecule has 3 N–H and O–H groups in total. The Kier molecular flexibility index (Phi) is 10.2. The second-order valence-corrected chi connectivity index (χ2v) is 7.19. The lowest BCUT2D eigenvalue weighted by Gasteiger charge is -2.23. The molecule has 0 aromatic heterocycles. The topological polar surface area (TPSA) is 157 Å². The van der Waals surface area contributed by atoms with Crippen molar-refractivity contribution in [3.05, 3.63) is 47.1 Å². The lowest BCUT2D eigenvalue weighted by Crippen LogP contribution is -2.26. The molecular weight excluding hydrogens is 424 g/mol. The summed E-state index contributed by atoms with van der Waals surface area (Å²) in [4.78, 5) is 48.5. The summed E-state index contributed by atoms with van der Waals surface area (Å²) in [6.45, 7) is 6.45. The van der Waals surface area contributed by atoms with Gasteiger partial charge in [0.05, 0.1) is 28.9 Å². The molecule has 0 saturated carbocycles. The van der Waals surface area contributed by atoms with Crippen LogP contribution in [0.5, 0.6) is 0 Å². The smallest absolute Gasteiger partial charge is 0.335 e. The Bertz CT molecular complexity index is 836. The summed E-state index contributed by atoms with van der Waals surface area (Å²) in [6, 6.07) is 0. The summed E-state index contributed by atoms with van der Waals surface area (Å²) < 4.78 is 10.1. The third-order valence-electron chi connectivity index (χ3n) is 4.19. The first-order valence-electron chi connectivity index (χ1n) is 9.64. The van der Waals surface area contributed by atoms with E-state index >= 15 is 0 Å². The molecule has 1 unspecified atom stereocenters. The van der Waals surface area contributed by atoms with Gasteiger partial charge in [0.15, 0.2) is 0 Å². The van der Waals surface area contributed by atoms with Crippen molar-refractivity contribution in [3.63, 3.8) is 0 Å². The number of esters is 1. The van der Waals surface area contributed by atoms with Crippen molar-refractivity contribution in [2.45, 2.75) is 33.8 Å². The molecule has 1 aliphatic rings. The van der Waals surface area contributed by atoms with Crippen molar-refractivity contribution in [1.29, 1.82) is 0 Å². The molecule has 176 valence electrons. The van der Waals surface area contributed by atoms with Gasteiger partial charge in [-0.3, -0.25) is 0 Å². The standard InChI is InChI=1S/C21H28N2O9/c1-13(18(24)25)7-22(8-14(2)19(26)27)5-6-23(9-15(3)20(28)29)10-16(4)21(30)32-12-17-11-31-17/h7-10,17H,5-6,11-12H2,1-4H3,(H,24,25)(H,26,27)(H,28,29). The predicted molar refractivity (Wildman–Crippen MR) is 112 cm³/mol. The Morgan fingerprint density at radius 2 is 1.12 bits per heavy atom. The molecule has 1 atom stereocenters. The molecule has 1 saturated heterocycles. The molecule has 11 heteroatoms. The summed E-state index contributed by atoms with van der Waals surface area (Å²) in [6.07, 6.45) is 5.15. The number of ether oxygens (including phenoxy) is 2. The molecule has 1 aliphatic heterocycles. The minimum absolute atomic E-state index is 0.00475. The number of rotatable bonds is 13. The molecule has 0 radical (unpaired) electrons. The quantitative estimate of drug-likeness (QED) is 0.211. The van der Waals surface area contributed by atoms with Crippen LogP contribution in [0.15, 0.2) is 47.1 Å². The molecule has 1 fully saturated rings. The molecule has 1 rings (SSSR count). The molecule has 1 heterocycles. The third kappa shape index (κ3) is 9.94. The van der Waals surface area contributed by atoms with Crippen LogP contribution in [0.25, 0.3) is 0 Å². The van der Waals surface area contributed by atoms with Crippen LogP contribution in [0.2, 0.25) is 0 Å². The van der Waals surface area contributed by atoms with Crippen molar-refractivity contribution in [3.8, 4) is 0 Å². The Hall–Kier alpha value is -3.60. The summed E-state index contributed by atoms with van der Waals surface area (Å²) in [5, 5.41) is 27.4. The summed E-state index contributed by atoms with van der Waals surface area (Å²) >= 11 is 0. The molecule has 32 heavy (non-hydrogen) atoms. The van der Waals surface area contributed by atoms with E-state index in [1.165, 1.54) is 62.3 Å². The van der Waals surface area contributed by atoms with E-state index in [1.807, 2.05) is 0 Å². The fourth-order valence-electron chi connectivity index (χ4n) is 2.22. The monoisotopic (exact) mass is 452 g/mol. The number of hydrogen-bond donors (Lipinski definition) is 3. The zero-order chi connectivity index (χ0) is 24.4. The van der Waals surface area contributed by atoms with Gasteiger partial charge in [-0.05, 0) is 27.7 Å². The fraction of sp³-hybridized carbons (Fsp3) is 0.429. The Labute approximate surface area is 185 Å². The first-order valence-corrected chi connectivity index (χ1v) is 9.64. The molecule has 0 aromatic carbocycles. The maximum absolute atomic E-state index is 12.1. The largest absolute Gasteiger partial charge is 0.478 e. The molecule has 0 bridgehead atoms. The van der Waals surface area contributed by atoms with Crippen molar-refractivity contribution >= 4 is 23.9 Å². The van der Waals surface area contributed by atoms with Gasteiger partial charge in [0.1, 0.15) is 12.7 Å². The average Bonchev–Trinajstić information content (AvgIpc) is 3.53. The van der Waals surface area contributed by atoms with Crippen molar-refractivity contribution in [1.82, 2.24) is 9.80 Å². The van der Waals surface area contributed by atoms with Crippen LogP contribution in [0.3, 0.4) is 0 Å². The fourth-order valence-corrected chi connectivity index (χ4v) is 2.22. The van der Waals surface area contributed by atoms with Crippen molar-refractivity contribution in [2.75, 3.05) is 26.3 Å². The lowest BCUT2D eigenvalue weighted by molar-refractivity contribution is -0.139. The molecule has 0 spiro atoms. The van der Waals surface area contributed by atoms with E-state index in [9.17, 15) is 24.3 Å².